The Morgan fingerprint density at radius 2 is 2.00 bits per heavy atom. The van der Waals surface area contributed by atoms with E-state index in [4.69, 9.17) is 13.9 Å². The van der Waals surface area contributed by atoms with Crippen molar-refractivity contribution in [2.24, 2.45) is 0 Å². The second-order valence-corrected chi connectivity index (χ2v) is 8.78. The number of aromatic nitrogens is 1. The van der Waals surface area contributed by atoms with E-state index in [0.29, 0.717) is 25.5 Å². The topological polar surface area (TPSA) is 76.8 Å². The third-order valence-corrected chi connectivity index (χ3v) is 6.40. The molecule has 2 fully saturated rings. The molecule has 1 aliphatic carbocycles. The van der Waals surface area contributed by atoms with Gasteiger partial charge in [-0.3, -0.25) is 0 Å². The summed E-state index contributed by atoms with van der Waals surface area (Å²) in [7, 11) is 1.67. The molecule has 1 N–H and O–H groups in total. The first kappa shape index (κ1) is 20.7. The van der Waals surface area contributed by atoms with Gasteiger partial charge in [0.15, 0.2) is 17.1 Å². The average molecular weight is 436 g/mol. The van der Waals surface area contributed by atoms with Crippen molar-refractivity contribution in [3.63, 3.8) is 0 Å². The number of aryl methyl sites for hydroxylation is 1. The van der Waals surface area contributed by atoms with Gasteiger partial charge in [-0.2, -0.15) is 0 Å². The second-order valence-electron chi connectivity index (χ2n) is 8.78. The summed E-state index contributed by atoms with van der Waals surface area (Å²) in [6, 6.07) is 11.9. The largest absolute Gasteiger partial charge is 0.493 e. The Hall–Kier alpha value is -3.22. The number of rotatable bonds is 6. The third kappa shape index (κ3) is 4.24. The molecule has 7 heteroatoms. The Balaban J connectivity index is 1.33. The fourth-order valence-electron chi connectivity index (χ4n) is 4.63. The number of ether oxygens (including phenoxy) is 2. The monoisotopic (exact) mass is 435 g/mol. The molecule has 0 bridgehead atoms. The van der Waals surface area contributed by atoms with Gasteiger partial charge in [0.2, 0.25) is 5.89 Å². The Bertz CT molecular complexity index is 1120. The van der Waals surface area contributed by atoms with E-state index in [1.165, 1.54) is 12.8 Å². The minimum atomic E-state index is -0.101. The van der Waals surface area contributed by atoms with Crippen molar-refractivity contribution < 1.29 is 18.7 Å². The lowest BCUT2D eigenvalue weighted by molar-refractivity contribution is 0.170. The fourth-order valence-corrected chi connectivity index (χ4v) is 4.63. The molecule has 2 heterocycles. The van der Waals surface area contributed by atoms with Crippen molar-refractivity contribution >= 4 is 17.1 Å². The minimum Gasteiger partial charge on any atom is -0.493 e. The Labute approximate surface area is 187 Å². The Morgan fingerprint density at radius 1 is 1.16 bits per heavy atom. The maximum Gasteiger partial charge on any atom is 0.317 e. The average Bonchev–Trinajstić information content (AvgIpc) is 3.44. The molecular formula is C25H29N3O4. The molecule has 2 amide bonds. The van der Waals surface area contributed by atoms with Crippen molar-refractivity contribution in [1.29, 1.82) is 0 Å². The summed E-state index contributed by atoms with van der Waals surface area (Å²) in [5, 5.41) is 3.01. The second kappa shape index (κ2) is 8.73. The van der Waals surface area contributed by atoms with Crippen molar-refractivity contribution in [3.8, 4) is 11.5 Å². The van der Waals surface area contributed by atoms with Crippen LogP contribution in [0.2, 0.25) is 0 Å². The summed E-state index contributed by atoms with van der Waals surface area (Å²) < 4.78 is 17.7. The smallest absolute Gasteiger partial charge is 0.317 e. The molecule has 1 aromatic heterocycles. The van der Waals surface area contributed by atoms with E-state index in [1.807, 2.05) is 31.2 Å². The number of benzene rings is 2. The van der Waals surface area contributed by atoms with E-state index in [9.17, 15) is 4.79 Å². The maximum absolute atomic E-state index is 12.5. The first-order chi connectivity index (χ1) is 15.6. The highest BCUT2D eigenvalue weighted by molar-refractivity contribution is 5.76. The fraction of sp³-hybridized carbons (Fsp3) is 0.440. The van der Waals surface area contributed by atoms with Crippen LogP contribution in [0.25, 0.3) is 11.1 Å². The molecule has 5 rings (SSSR count). The molecular weight excluding hydrogens is 406 g/mol. The van der Waals surface area contributed by atoms with E-state index < -0.39 is 0 Å². The number of urea groups is 1. The van der Waals surface area contributed by atoms with Gasteiger partial charge < -0.3 is 24.1 Å². The number of amides is 2. The van der Waals surface area contributed by atoms with Gasteiger partial charge in [0, 0.05) is 19.0 Å². The van der Waals surface area contributed by atoms with Crippen molar-refractivity contribution in [1.82, 2.24) is 15.2 Å². The van der Waals surface area contributed by atoms with Crippen LogP contribution in [0.3, 0.4) is 0 Å². The maximum atomic E-state index is 12.5. The first-order valence-electron chi connectivity index (χ1n) is 11.3. The number of hydrogen-bond donors (Lipinski definition) is 1. The zero-order valence-corrected chi connectivity index (χ0v) is 18.6. The molecule has 2 aliphatic rings. The molecule has 1 aliphatic heterocycles. The van der Waals surface area contributed by atoms with E-state index in [0.717, 1.165) is 46.6 Å². The van der Waals surface area contributed by atoms with Crippen molar-refractivity contribution in [2.45, 2.75) is 51.2 Å². The predicted molar refractivity (Wildman–Crippen MR) is 121 cm³/mol. The van der Waals surface area contributed by atoms with Gasteiger partial charge in [-0.1, -0.05) is 12.1 Å². The number of nitrogens with one attached hydrogen (secondary N) is 1. The molecule has 2 aromatic carbocycles. The summed E-state index contributed by atoms with van der Waals surface area (Å²) >= 11 is 0. The van der Waals surface area contributed by atoms with Crippen LogP contribution in [-0.2, 0) is 6.54 Å². The van der Waals surface area contributed by atoms with E-state index in [1.54, 1.807) is 12.0 Å². The molecule has 168 valence electrons. The molecule has 3 aromatic rings. The number of carbonyl (C=O) groups excluding carboxylic acids is 1. The van der Waals surface area contributed by atoms with E-state index in [-0.39, 0.29) is 18.1 Å². The lowest BCUT2D eigenvalue weighted by Crippen LogP contribution is -2.49. The van der Waals surface area contributed by atoms with Gasteiger partial charge in [-0.15, -0.1) is 0 Å². The molecule has 0 radical (unpaired) electrons. The summed E-state index contributed by atoms with van der Waals surface area (Å²) in [6.07, 6.45) is 4.86. The van der Waals surface area contributed by atoms with Crippen molar-refractivity contribution in [3.05, 3.63) is 53.4 Å². The number of nitrogens with zero attached hydrogens (tertiary/aromatic N) is 2. The zero-order chi connectivity index (χ0) is 22.1. The van der Waals surface area contributed by atoms with Crippen molar-refractivity contribution in [2.75, 3.05) is 20.2 Å². The summed E-state index contributed by atoms with van der Waals surface area (Å²) in [5.74, 6) is 2.21. The number of carbonyl (C=O) groups is 1. The normalized spacial score (nSPS) is 19.4. The van der Waals surface area contributed by atoms with Crippen LogP contribution in [0.15, 0.2) is 40.8 Å². The number of fused-ring (bicyclic) bond motifs is 1. The van der Waals surface area contributed by atoms with Crippen LogP contribution in [0, 0.1) is 6.92 Å². The van der Waals surface area contributed by atoms with Gasteiger partial charge in [0.25, 0.3) is 0 Å². The Kier molecular flexibility index (Phi) is 5.64. The highest BCUT2D eigenvalue weighted by Gasteiger charge is 2.29. The number of oxazole rings is 1. The van der Waals surface area contributed by atoms with Gasteiger partial charge in [0.05, 0.1) is 19.8 Å². The quantitative estimate of drug-likeness (QED) is 0.603. The molecule has 1 saturated carbocycles. The number of hydrogen-bond acceptors (Lipinski definition) is 5. The highest BCUT2D eigenvalue weighted by atomic mass is 16.5. The lowest BCUT2D eigenvalue weighted by Gasteiger charge is -2.33. The molecule has 0 spiro atoms. The van der Waals surface area contributed by atoms with Crippen LogP contribution in [-0.4, -0.2) is 42.2 Å². The highest BCUT2D eigenvalue weighted by Crippen LogP contribution is 2.35. The van der Waals surface area contributed by atoms with Crippen LogP contribution >= 0.6 is 0 Å². The van der Waals surface area contributed by atoms with E-state index >= 15 is 0 Å². The molecule has 7 nitrogen and oxygen atoms in total. The lowest BCUT2D eigenvalue weighted by atomic mass is 9.96. The number of methoxy groups -OCH3 is 1. The van der Waals surface area contributed by atoms with Crippen LogP contribution < -0.4 is 14.8 Å². The SMILES string of the molecule is COc1ccc(C2CNC(=O)N(Cc3nc4ccc(C)cc4o3)C2)cc1OC1CCCC1. The van der Waals surface area contributed by atoms with Gasteiger partial charge in [-0.25, -0.2) is 9.78 Å². The first-order valence-corrected chi connectivity index (χ1v) is 11.3. The third-order valence-electron chi connectivity index (χ3n) is 6.40. The zero-order valence-electron chi connectivity index (χ0n) is 18.6. The molecule has 1 atom stereocenters. The van der Waals surface area contributed by atoms with Gasteiger partial charge in [0.1, 0.15) is 5.52 Å². The minimum absolute atomic E-state index is 0.101. The van der Waals surface area contributed by atoms with Gasteiger partial charge >= 0.3 is 6.03 Å². The summed E-state index contributed by atoms with van der Waals surface area (Å²) in [4.78, 5) is 18.8. The predicted octanol–water partition coefficient (Wildman–Crippen LogP) is 4.78. The molecule has 1 saturated heterocycles. The molecule has 32 heavy (non-hydrogen) atoms. The Morgan fingerprint density at radius 3 is 2.81 bits per heavy atom. The van der Waals surface area contributed by atoms with E-state index in [2.05, 4.69) is 22.4 Å². The molecule has 1 unspecified atom stereocenters. The standard InChI is InChI=1S/C25H29N3O4/c1-16-7-9-20-22(11-16)32-24(27-20)15-28-14-18(13-26-25(28)29)17-8-10-21(30-2)23(12-17)31-19-5-3-4-6-19/h7-12,18-19H,3-6,13-15H2,1-2H3,(H,26,29). The van der Waals surface area contributed by atoms with Crippen LogP contribution in [0.1, 0.15) is 48.6 Å². The summed E-state index contributed by atoms with van der Waals surface area (Å²) in [5.41, 5.74) is 3.80. The van der Waals surface area contributed by atoms with Crippen LogP contribution in [0.4, 0.5) is 4.79 Å². The van der Waals surface area contributed by atoms with Crippen LogP contribution in [0.5, 0.6) is 11.5 Å². The van der Waals surface area contributed by atoms with Gasteiger partial charge in [-0.05, 0) is 68.0 Å². The summed E-state index contributed by atoms with van der Waals surface area (Å²) in [6.45, 7) is 3.51.